The Morgan fingerprint density at radius 1 is 1.22 bits per heavy atom. The Bertz CT molecular complexity index is 978. The molecule has 0 amide bonds. The Morgan fingerprint density at radius 3 is 2.56 bits per heavy atom. The number of thiophene rings is 1. The first-order valence-corrected chi connectivity index (χ1v) is 9.51. The van der Waals surface area contributed by atoms with Gasteiger partial charge in [0.15, 0.2) is 5.82 Å². The van der Waals surface area contributed by atoms with Crippen molar-refractivity contribution in [2.45, 2.75) is 26.7 Å². The number of carboxylic acids is 1. The summed E-state index contributed by atoms with van der Waals surface area (Å²) < 4.78 is 0. The average Bonchev–Trinajstić information content (AvgIpc) is 3.14. The molecule has 0 fully saturated rings. The fourth-order valence-corrected chi connectivity index (χ4v) is 3.60. The highest BCUT2D eigenvalue weighted by Gasteiger charge is 2.14. The topological polar surface area (TPSA) is 75.1 Å². The van der Waals surface area contributed by atoms with Crippen molar-refractivity contribution in [1.29, 1.82) is 0 Å². The number of aromatic carboxylic acids is 1. The molecule has 0 aliphatic carbocycles. The van der Waals surface area contributed by atoms with Crippen molar-refractivity contribution in [3.63, 3.8) is 0 Å². The largest absolute Gasteiger partial charge is 0.478 e. The van der Waals surface area contributed by atoms with E-state index in [9.17, 15) is 4.79 Å². The third kappa shape index (κ3) is 4.23. The second-order valence-electron chi connectivity index (χ2n) is 6.08. The maximum Gasteiger partial charge on any atom is 0.335 e. The summed E-state index contributed by atoms with van der Waals surface area (Å²) in [6.45, 7) is 7.92. The van der Waals surface area contributed by atoms with Gasteiger partial charge in [-0.05, 0) is 56.2 Å². The smallest absolute Gasteiger partial charge is 0.335 e. The van der Waals surface area contributed by atoms with E-state index in [1.54, 1.807) is 35.6 Å². The number of allylic oxidation sites excluding steroid dienone is 1. The van der Waals surface area contributed by atoms with Crippen molar-refractivity contribution in [3.05, 3.63) is 70.8 Å². The Balaban J connectivity index is 2.00. The summed E-state index contributed by atoms with van der Waals surface area (Å²) >= 11 is 1.70. The zero-order valence-corrected chi connectivity index (χ0v) is 16.1. The molecule has 3 aromatic rings. The lowest BCUT2D eigenvalue weighted by atomic mass is 10.1. The lowest BCUT2D eigenvalue weighted by Crippen LogP contribution is -2.05. The molecule has 0 aliphatic heterocycles. The highest BCUT2D eigenvalue weighted by Crippen LogP contribution is 2.30. The Kier molecular flexibility index (Phi) is 5.66. The van der Waals surface area contributed by atoms with Crippen LogP contribution in [-0.2, 0) is 12.8 Å². The Labute approximate surface area is 162 Å². The van der Waals surface area contributed by atoms with Crippen LogP contribution in [0.5, 0.6) is 0 Å². The van der Waals surface area contributed by atoms with Gasteiger partial charge in [0.2, 0.25) is 0 Å². The van der Waals surface area contributed by atoms with Gasteiger partial charge in [-0.2, -0.15) is 0 Å². The molecule has 0 saturated heterocycles. The molecule has 1 aromatic carbocycles. The second-order valence-corrected chi connectivity index (χ2v) is 7.25. The molecule has 138 valence electrons. The lowest BCUT2D eigenvalue weighted by molar-refractivity contribution is 0.0697. The van der Waals surface area contributed by atoms with Gasteiger partial charge in [-0.1, -0.05) is 13.0 Å². The van der Waals surface area contributed by atoms with Crippen LogP contribution in [0, 0.1) is 6.92 Å². The van der Waals surface area contributed by atoms with E-state index >= 15 is 0 Å². The molecule has 6 heteroatoms. The predicted octanol–water partition coefficient (Wildman–Crippen LogP) is 5.25. The van der Waals surface area contributed by atoms with Crippen LogP contribution in [-0.4, -0.2) is 21.0 Å². The number of nitrogens with one attached hydrogen (secondary N) is 1. The van der Waals surface area contributed by atoms with Crippen LogP contribution in [0.2, 0.25) is 0 Å². The number of hydrogen-bond donors (Lipinski definition) is 2. The first-order chi connectivity index (χ1) is 13.0. The number of hydrogen-bond acceptors (Lipinski definition) is 5. The highest BCUT2D eigenvalue weighted by molar-refractivity contribution is 7.15. The summed E-state index contributed by atoms with van der Waals surface area (Å²) in [7, 11) is 0. The number of anilines is 2. The van der Waals surface area contributed by atoms with Gasteiger partial charge in [-0.15, -0.1) is 17.9 Å². The van der Waals surface area contributed by atoms with Gasteiger partial charge in [0, 0.05) is 21.8 Å². The van der Waals surface area contributed by atoms with Crippen molar-refractivity contribution in [1.82, 2.24) is 9.97 Å². The number of carboxylic acid groups (broad SMARTS) is 1. The van der Waals surface area contributed by atoms with Crippen LogP contribution in [0.15, 0.2) is 49.1 Å². The van der Waals surface area contributed by atoms with Crippen LogP contribution < -0.4 is 5.32 Å². The monoisotopic (exact) mass is 379 g/mol. The van der Waals surface area contributed by atoms with Crippen molar-refractivity contribution >= 4 is 28.8 Å². The highest BCUT2D eigenvalue weighted by atomic mass is 32.1. The van der Waals surface area contributed by atoms with Crippen LogP contribution >= 0.6 is 11.3 Å². The molecule has 0 saturated carbocycles. The van der Waals surface area contributed by atoms with E-state index in [0.717, 1.165) is 28.2 Å². The summed E-state index contributed by atoms with van der Waals surface area (Å²) in [4.78, 5) is 22.8. The zero-order chi connectivity index (χ0) is 19.4. The molecule has 0 spiro atoms. The number of aryl methyl sites for hydroxylation is 2. The standard InChI is InChI=1S/C21H21N3O2S/c1-4-6-17-13(3)22-20(18-12-11-16(5-2)27-18)24-19(17)23-15-9-7-14(8-10-15)21(25)26/h4,7-12H,1,5-6H2,2-3H3,(H,25,26)(H,22,23,24). The molecule has 27 heavy (non-hydrogen) atoms. The van der Waals surface area contributed by atoms with Gasteiger partial charge < -0.3 is 10.4 Å². The quantitative estimate of drug-likeness (QED) is 0.549. The molecule has 3 rings (SSSR count). The van der Waals surface area contributed by atoms with Crippen LogP contribution in [0.3, 0.4) is 0 Å². The fourth-order valence-electron chi connectivity index (χ4n) is 2.72. The van der Waals surface area contributed by atoms with E-state index < -0.39 is 5.97 Å². The van der Waals surface area contributed by atoms with Gasteiger partial charge >= 0.3 is 5.97 Å². The molecular formula is C21H21N3O2S. The summed E-state index contributed by atoms with van der Waals surface area (Å²) in [6, 6.07) is 10.8. The molecule has 0 bridgehead atoms. The third-order valence-electron chi connectivity index (χ3n) is 4.19. The molecule has 0 radical (unpaired) electrons. The van der Waals surface area contributed by atoms with E-state index in [1.165, 1.54) is 4.88 Å². The number of carbonyl (C=O) groups is 1. The summed E-state index contributed by atoms with van der Waals surface area (Å²) in [5.74, 6) is 0.458. The minimum Gasteiger partial charge on any atom is -0.478 e. The van der Waals surface area contributed by atoms with Crippen molar-refractivity contribution in [2.24, 2.45) is 0 Å². The third-order valence-corrected chi connectivity index (χ3v) is 5.41. The van der Waals surface area contributed by atoms with Crippen LogP contribution in [0.4, 0.5) is 11.5 Å². The Morgan fingerprint density at radius 2 is 1.96 bits per heavy atom. The van der Waals surface area contributed by atoms with E-state index in [0.29, 0.717) is 18.1 Å². The first-order valence-electron chi connectivity index (χ1n) is 8.69. The zero-order valence-electron chi connectivity index (χ0n) is 15.3. The van der Waals surface area contributed by atoms with E-state index in [2.05, 4.69) is 35.9 Å². The lowest BCUT2D eigenvalue weighted by Gasteiger charge is -2.14. The minimum absolute atomic E-state index is 0.247. The maximum atomic E-state index is 11.0. The van der Waals surface area contributed by atoms with Gasteiger partial charge in [0.1, 0.15) is 5.82 Å². The summed E-state index contributed by atoms with van der Waals surface area (Å²) in [6.07, 6.45) is 3.45. The number of nitrogens with zero attached hydrogens (tertiary/aromatic N) is 2. The summed E-state index contributed by atoms with van der Waals surface area (Å²) in [5, 5.41) is 12.4. The predicted molar refractivity (Wildman–Crippen MR) is 110 cm³/mol. The van der Waals surface area contributed by atoms with E-state index in [1.807, 2.05) is 13.0 Å². The molecule has 5 nitrogen and oxygen atoms in total. The number of aromatic nitrogens is 2. The molecule has 2 N–H and O–H groups in total. The minimum atomic E-state index is -0.946. The molecule has 2 aromatic heterocycles. The normalized spacial score (nSPS) is 10.6. The second kappa shape index (κ2) is 8.14. The SMILES string of the molecule is C=CCc1c(C)nc(-c2ccc(CC)s2)nc1Nc1ccc(C(=O)O)cc1. The van der Waals surface area contributed by atoms with Gasteiger partial charge in [0.05, 0.1) is 10.4 Å². The van der Waals surface area contributed by atoms with Crippen molar-refractivity contribution in [3.8, 4) is 10.7 Å². The van der Waals surface area contributed by atoms with Crippen molar-refractivity contribution < 1.29 is 9.90 Å². The summed E-state index contributed by atoms with van der Waals surface area (Å²) in [5.41, 5.74) is 2.89. The fraction of sp³-hybridized carbons (Fsp3) is 0.190. The molecular weight excluding hydrogens is 358 g/mol. The molecule has 0 unspecified atom stereocenters. The van der Waals surface area contributed by atoms with Gasteiger partial charge in [0.25, 0.3) is 0 Å². The number of rotatable bonds is 7. The van der Waals surface area contributed by atoms with Crippen LogP contribution in [0.1, 0.15) is 33.4 Å². The van der Waals surface area contributed by atoms with Crippen molar-refractivity contribution in [2.75, 3.05) is 5.32 Å². The molecule has 0 aliphatic rings. The Hall–Kier alpha value is -2.99. The van der Waals surface area contributed by atoms with Gasteiger partial charge in [-0.3, -0.25) is 0 Å². The molecule has 0 atom stereocenters. The first kappa shape index (κ1) is 18.8. The van der Waals surface area contributed by atoms with Gasteiger partial charge in [-0.25, -0.2) is 14.8 Å². The van der Waals surface area contributed by atoms with Crippen LogP contribution in [0.25, 0.3) is 10.7 Å². The maximum absolute atomic E-state index is 11.0. The number of benzene rings is 1. The van der Waals surface area contributed by atoms with E-state index in [-0.39, 0.29) is 5.56 Å². The molecule has 2 heterocycles. The van der Waals surface area contributed by atoms with E-state index in [4.69, 9.17) is 10.1 Å². The average molecular weight is 379 g/mol.